The average Bonchev–Trinajstić information content (AvgIpc) is 2.47. The SMILES string of the molecule is CCNC(=O)c1cc(N)nn1CC. The van der Waals surface area contributed by atoms with Gasteiger partial charge in [-0.2, -0.15) is 5.10 Å². The minimum absolute atomic E-state index is 0.131. The molecular weight excluding hydrogens is 168 g/mol. The Morgan fingerprint density at radius 1 is 1.69 bits per heavy atom. The van der Waals surface area contributed by atoms with E-state index in [1.165, 1.54) is 0 Å². The predicted octanol–water partition coefficient (Wildman–Crippen LogP) is 0.235. The number of aromatic nitrogens is 2. The number of hydrogen-bond acceptors (Lipinski definition) is 3. The smallest absolute Gasteiger partial charge is 0.269 e. The van der Waals surface area contributed by atoms with Gasteiger partial charge < -0.3 is 11.1 Å². The van der Waals surface area contributed by atoms with Crippen molar-refractivity contribution >= 4 is 11.7 Å². The van der Waals surface area contributed by atoms with Crippen LogP contribution < -0.4 is 11.1 Å². The second-order valence-electron chi connectivity index (χ2n) is 2.63. The quantitative estimate of drug-likeness (QED) is 0.703. The van der Waals surface area contributed by atoms with Crippen molar-refractivity contribution in [3.8, 4) is 0 Å². The van der Waals surface area contributed by atoms with Crippen LogP contribution in [0.2, 0.25) is 0 Å². The normalized spacial score (nSPS) is 10.0. The van der Waals surface area contributed by atoms with Gasteiger partial charge in [-0.25, -0.2) is 0 Å². The lowest BCUT2D eigenvalue weighted by molar-refractivity contribution is 0.0945. The summed E-state index contributed by atoms with van der Waals surface area (Å²) in [7, 11) is 0. The van der Waals surface area contributed by atoms with Crippen LogP contribution in [0.1, 0.15) is 24.3 Å². The zero-order valence-electron chi connectivity index (χ0n) is 7.87. The lowest BCUT2D eigenvalue weighted by Gasteiger charge is -2.03. The van der Waals surface area contributed by atoms with Crippen LogP contribution in [0.5, 0.6) is 0 Å². The maximum Gasteiger partial charge on any atom is 0.269 e. The number of amides is 1. The molecule has 1 rings (SSSR count). The highest BCUT2D eigenvalue weighted by atomic mass is 16.2. The van der Waals surface area contributed by atoms with E-state index in [-0.39, 0.29) is 5.91 Å². The molecule has 1 heterocycles. The number of anilines is 1. The number of rotatable bonds is 3. The van der Waals surface area contributed by atoms with Gasteiger partial charge in [0.25, 0.3) is 5.91 Å². The standard InChI is InChI=1S/C8H14N4O/c1-3-10-8(13)6-5-7(9)11-12(6)4-2/h5H,3-4H2,1-2H3,(H2,9,11)(H,10,13). The van der Waals surface area contributed by atoms with Crippen molar-refractivity contribution in [3.63, 3.8) is 0 Å². The summed E-state index contributed by atoms with van der Waals surface area (Å²) in [6, 6.07) is 1.58. The lowest BCUT2D eigenvalue weighted by atomic mass is 10.4. The van der Waals surface area contributed by atoms with E-state index in [9.17, 15) is 4.79 Å². The first kappa shape index (κ1) is 9.57. The molecule has 0 aliphatic carbocycles. The maximum atomic E-state index is 11.4. The van der Waals surface area contributed by atoms with Crippen molar-refractivity contribution in [2.24, 2.45) is 0 Å². The highest BCUT2D eigenvalue weighted by Crippen LogP contribution is 2.05. The Balaban J connectivity index is 2.91. The fraction of sp³-hybridized carbons (Fsp3) is 0.500. The number of nitrogens with zero attached hydrogens (tertiary/aromatic N) is 2. The third kappa shape index (κ3) is 1.99. The molecule has 13 heavy (non-hydrogen) atoms. The molecule has 0 unspecified atom stereocenters. The Labute approximate surface area is 76.9 Å². The van der Waals surface area contributed by atoms with Crippen molar-refractivity contribution < 1.29 is 4.79 Å². The topological polar surface area (TPSA) is 72.9 Å². The Kier molecular flexibility index (Phi) is 2.89. The van der Waals surface area contributed by atoms with Gasteiger partial charge in [-0.1, -0.05) is 0 Å². The van der Waals surface area contributed by atoms with Crippen LogP contribution in [0.4, 0.5) is 5.82 Å². The van der Waals surface area contributed by atoms with Crippen molar-refractivity contribution in [2.75, 3.05) is 12.3 Å². The molecule has 0 fully saturated rings. The van der Waals surface area contributed by atoms with E-state index in [4.69, 9.17) is 5.73 Å². The van der Waals surface area contributed by atoms with E-state index in [0.29, 0.717) is 24.6 Å². The van der Waals surface area contributed by atoms with Crippen molar-refractivity contribution in [2.45, 2.75) is 20.4 Å². The number of carbonyl (C=O) groups excluding carboxylic acids is 1. The third-order valence-electron chi connectivity index (χ3n) is 1.67. The number of carbonyl (C=O) groups is 1. The summed E-state index contributed by atoms with van der Waals surface area (Å²) in [5.41, 5.74) is 5.99. The summed E-state index contributed by atoms with van der Waals surface area (Å²) >= 11 is 0. The fourth-order valence-corrected chi connectivity index (χ4v) is 1.11. The molecule has 1 aromatic rings. The van der Waals surface area contributed by atoms with Crippen LogP contribution >= 0.6 is 0 Å². The molecule has 0 atom stereocenters. The summed E-state index contributed by atoms with van der Waals surface area (Å²) in [4.78, 5) is 11.4. The number of nitrogens with two attached hydrogens (primary N) is 1. The van der Waals surface area contributed by atoms with Crippen molar-refractivity contribution in [1.29, 1.82) is 0 Å². The Morgan fingerprint density at radius 2 is 2.38 bits per heavy atom. The summed E-state index contributed by atoms with van der Waals surface area (Å²) in [6.45, 7) is 5.03. The van der Waals surface area contributed by atoms with E-state index in [0.717, 1.165) is 0 Å². The molecule has 5 heteroatoms. The van der Waals surface area contributed by atoms with E-state index >= 15 is 0 Å². The second-order valence-corrected chi connectivity index (χ2v) is 2.63. The zero-order chi connectivity index (χ0) is 9.84. The van der Waals surface area contributed by atoms with Crippen LogP contribution in [0.3, 0.4) is 0 Å². The Bertz CT molecular complexity index is 305. The molecule has 0 aliphatic rings. The predicted molar refractivity (Wildman–Crippen MR) is 50.3 cm³/mol. The first-order valence-corrected chi connectivity index (χ1v) is 4.30. The Morgan fingerprint density at radius 3 is 2.92 bits per heavy atom. The molecule has 72 valence electrons. The maximum absolute atomic E-state index is 11.4. The fourth-order valence-electron chi connectivity index (χ4n) is 1.11. The number of aryl methyl sites for hydroxylation is 1. The van der Waals surface area contributed by atoms with Gasteiger partial charge in [0.05, 0.1) is 0 Å². The van der Waals surface area contributed by atoms with Gasteiger partial charge in [0.2, 0.25) is 0 Å². The van der Waals surface area contributed by atoms with E-state index < -0.39 is 0 Å². The summed E-state index contributed by atoms with van der Waals surface area (Å²) in [5, 5.41) is 6.66. The van der Waals surface area contributed by atoms with Gasteiger partial charge in [0, 0.05) is 19.2 Å². The highest BCUT2D eigenvalue weighted by molar-refractivity contribution is 5.93. The first-order valence-electron chi connectivity index (χ1n) is 4.30. The van der Waals surface area contributed by atoms with Crippen LogP contribution in [0.15, 0.2) is 6.07 Å². The minimum Gasteiger partial charge on any atom is -0.382 e. The Hall–Kier alpha value is -1.52. The monoisotopic (exact) mass is 182 g/mol. The number of nitrogen functional groups attached to an aromatic ring is 1. The summed E-state index contributed by atoms with van der Waals surface area (Å²) < 4.78 is 1.58. The van der Waals surface area contributed by atoms with Gasteiger partial charge >= 0.3 is 0 Å². The van der Waals surface area contributed by atoms with Gasteiger partial charge in [-0.05, 0) is 13.8 Å². The van der Waals surface area contributed by atoms with Crippen molar-refractivity contribution in [1.82, 2.24) is 15.1 Å². The molecule has 0 aromatic carbocycles. The first-order chi connectivity index (χ1) is 6.19. The zero-order valence-corrected chi connectivity index (χ0v) is 7.87. The van der Waals surface area contributed by atoms with Gasteiger partial charge in [0.1, 0.15) is 11.5 Å². The molecule has 1 aromatic heterocycles. The molecule has 0 saturated carbocycles. The molecule has 0 spiro atoms. The highest BCUT2D eigenvalue weighted by Gasteiger charge is 2.11. The van der Waals surface area contributed by atoms with Crippen LogP contribution in [0, 0.1) is 0 Å². The molecular formula is C8H14N4O. The number of nitrogens with one attached hydrogen (secondary N) is 1. The number of hydrogen-bond donors (Lipinski definition) is 2. The molecule has 0 radical (unpaired) electrons. The summed E-state index contributed by atoms with van der Waals surface area (Å²) in [6.07, 6.45) is 0. The van der Waals surface area contributed by atoms with Crippen LogP contribution in [0.25, 0.3) is 0 Å². The van der Waals surface area contributed by atoms with E-state index in [2.05, 4.69) is 10.4 Å². The van der Waals surface area contributed by atoms with Gasteiger partial charge in [-0.3, -0.25) is 9.48 Å². The largest absolute Gasteiger partial charge is 0.382 e. The molecule has 1 amide bonds. The molecule has 0 aliphatic heterocycles. The van der Waals surface area contributed by atoms with E-state index in [1.54, 1.807) is 10.7 Å². The average molecular weight is 182 g/mol. The van der Waals surface area contributed by atoms with Crippen molar-refractivity contribution in [3.05, 3.63) is 11.8 Å². The minimum atomic E-state index is -0.131. The summed E-state index contributed by atoms with van der Waals surface area (Å²) in [5.74, 6) is 0.247. The van der Waals surface area contributed by atoms with Gasteiger partial charge in [-0.15, -0.1) is 0 Å². The molecule has 0 bridgehead atoms. The van der Waals surface area contributed by atoms with Crippen LogP contribution in [-0.2, 0) is 6.54 Å². The lowest BCUT2D eigenvalue weighted by Crippen LogP contribution is -2.25. The molecule has 5 nitrogen and oxygen atoms in total. The second kappa shape index (κ2) is 3.93. The van der Waals surface area contributed by atoms with E-state index in [1.807, 2.05) is 13.8 Å². The molecule has 3 N–H and O–H groups in total. The third-order valence-corrected chi connectivity index (χ3v) is 1.67. The van der Waals surface area contributed by atoms with Gasteiger partial charge in [0.15, 0.2) is 0 Å². The van der Waals surface area contributed by atoms with Crippen LogP contribution in [-0.4, -0.2) is 22.2 Å². The molecule has 0 saturated heterocycles.